The Morgan fingerprint density at radius 3 is 2.00 bits per heavy atom. The molecule has 0 spiro atoms. The second-order valence-corrected chi connectivity index (χ2v) is 13.3. The number of hydrogen-bond donors (Lipinski definition) is 9. The summed E-state index contributed by atoms with van der Waals surface area (Å²) < 4.78 is 22.4. The Hall–Kier alpha value is -2.05. The monoisotopic (exact) mass is 743 g/mol. The van der Waals surface area contributed by atoms with Crippen LogP contribution in [0.1, 0.15) is 90.9 Å². The van der Waals surface area contributed by atoms with Crippen LogP contribution in [0, 0.1) is 0 Å². The highest BCUT2D eigenvalue weighted by molar-refractivity contribution is 5.76. The first-order valence-corrected chi connectivity index (χ1v) is 18.9. The van der Waals surface area contributed by atoms with E-state index >= 15 is 0 Å². The van der Waals surface area contributed by atoms with Crippen molar-refractivity contribution in [2.75, 3.05) is 19.8 Å². The topological polar surface area (TPSA) is 228 Å². The van der Waals surface area contributed by atoms with Crippen molar-refractivity contribution >= 4 is 5.91 Å². The molecule has 2 aliphatic rings. The summed E-state index contributed by atoms with van der Waals surface area (Å²) in [6, 6.07) is -0.924. The number of hydrogen-bond acceptors (Lipinski definition) is 13. The second-order valence-electron chi connectivity index (χ2n) is 13.3. The minimum atomic E-state index is -1.79. The molecule has 52 heavy (non-hydrogen) atoms. The second kappa shape index (κ2) is 26.7. The lowest BCUT2D eigenvalue weighted by molar-refractivity contribution is -0.359. The van der Waals surface area contributed by atoms with E-state index in [-0.39, 0.29) is 18.9 Å². The van der Waals surface area contributed by atoms with E-state index in [1.165, 1.54) is 0 Å². The minimum Gasteiger partial charge on any atom is -0.394 e. The molecule has 14 heteroatoms. The third-order valence-corrected chi connectivity index (χ3v) is 9.02. The summed E-state index contributed by atoms with van der Waals surface area (Å²) in [5.41, 5.74) is 0. The number of aliphatic hydroxyl groups excluding tert-OH is 8. The van der Waals surface area contributed by atoms with E-state index in [0.717, 1.165) is 64.2 Å². The zero-order chi connectivity index (χ0) is 38.3. The molecule has 0 aliphatic carbocycles. The zero-order valence-electron chi connectivity index (χ0n) is 30.8. The highest BCUT2D eigenvalue weighted by atomic mass is 16.7. The van der Waals surface area contributed by atoms with Crippen LogP contribution >= 0.6 is 0 Å². The fraction of sp³-hybridized carbons (Fsp3) is 0.763. The van der Waals surface area contributed by atoms with E-state index in [4.69, 9.17) is 18.9 Å². The number of carbonyl (C=O) groups is 1. The first kappa shape index (κ1) is 46.1. The van der Waals surface area contributed by atoms with Crippen molar-refractivity contribution in [3.63, 3.8) is 0 Å². The summed E-state index contributed by atoms with van der Waals surface area (Å²) in [7, 11) is 0. The Morgan fingerprint density at radius 2 is 1.33 bits per heavy atom. The van der Waals surface area contributed by atoms with Crippen molar-refractivity contribution in [2.24, 2.45) is 0 Å². The van der Waals surface area contributed by atoms with Crippen molar-refractivity contribution in [3.8, 4) is 0 Å². The highest BCUT2D eigenvalue weighted by Gasteiger charge is 2.50. The van der Waals surface area contributed by atoms with Gasteiger partial charge in [0.15, 0.2) is 12.6 Å². The highest BCUT2D eigenvalue weighted by Crippen LogP contribution is 2.29. The molecule has 12 unspecified atom stereocenters. The SMILES string of the molecule is CC/C=C\C/C=C\C/C=C\CCCCCC(=O)NC(COC1OC(CO)C(OC2OC(CO)C(O)C(O)C2O)C(O)C1O)C(O)/C=C/CCCCC. The van der Waals surface area contributed by atoms with E-state index in [9.17, 15) is 45.6 Å². The van der Waals surface area contributed by atoms with E-state index in [2.05, 4.69) is 55.6 Å². The van der Waals surface area contributed by atoms with Crippen LogP contribution in [-0.4, -0.2) is 140 Å². The molecule has 14 nitrogen and oxygen atoms in total. The van der Waals surface area contributed by atoms with Gasteiger partial charge in [-0.3, -0.25) is 4.79 Å². The van der Waals surface area contributed by atoms with E-state index in [0.29, 0.717) is 6.42 Å². The maximum atomic E-state index is 12.9. The predicted molar refractivity (Wildman–Crippen MR) is 194 cm³/mol. The van der Waals surface area contributed by atoms with Gasteiger partial charge in [-0.2, -0.15) is 0 Å². The molecule has 12 atom stereocenters. The number of carbonyl (C=O) groups excluding carboxylic acids is 1. The van der Waals surface area contributed by atoms with Gasteiger partial charge in [0.25, 0.3) is 0 Å². The maximum absolute atomic E-state index is 12.9. The fourth-order valence-corrected chi connectivity index (χ4v) is 5.83. The standard InChI is InChI=1S/C38H65NO13/c1-3-5-7-9-10-11-12-13-14-15-16-18-20-22-30(43)39-26(27(42)21-19-17-8-6-4-2)25-49-37-35(48)33(46)36(29(24-41)51-37)52-38-34(47)32(45)31(44)28(23-40)50-38/h5,7,10-11,13-14,19,21,26-29,31-38,40-42,44-48H,3-4,6,8-9,12,15-18,20,22-25H2,1-2H3,(H,39,43)/b7-5-,11-10-,14-13-,21-19+. The lowest BCUT2D eigenvalue weighted by Crippen LogP contribution is -2.65. The lowest BCUT2D eigenvalue weighted by atomic mass is 9.97. The summed E-state index contributed by atoms with van der Waals surface area (Å²) >= 11 is 0. The van der Waals surface area contributed by atoms with Crippen molar-refractivity contribution in [2.45, 2.75) is 164 Å². The van der Waals surface area contributed by atoms with Gasteiger partial charge >= 0.3 is 0 Å². The van der Waals surface area contributed by atoms with E-state index in [1.54, 1.807) is 6.08 Å². The molecule has 2 saturated heterocycles. The van der Waals surface area contributed by atoms with Crippen LogP contribution in [0.4, 0.5) is 0 Å². The Labute approximate surface area is 308 Å². The minimum absolute atomic E-state index is 0.242. The number of allylic oxidation sites excluding steroid dienone is 7. The summed E-state index contributed by atoms with van der Waals surface area (Å²) in [5, 5.41) is 85.6. The molecule has 2 fully saturated rings. The number of rotatable bonds is 25. The predicted octanol–water partition coefficient (Wildman–Crippen LogP) is 1.42. The average Bonchev–Trinajstić information content (AvgIpc) is 3.14. The van der Waals surface area contributed by atoms with Crippen molar-refractivity contribution in [1.82, 2.24) is 5.32 Å². The molecular formula is C38H65NO13. The maximum Gasteiger partial charge on any atom is 0.220 e. The summed E-state index contributed by atoms with van der Waals surface area (Å²) in [6.45, 7) is 2.46. The molecule has 2 rings (SSSR count). The number of aliphatic hydroxyl groups is 8. The van der Waals surface area contributed by atoms with Crippen LogP contribution in [0.15, 0.2) is 48.6 Å². The Morgan fingerprint density at radius 1 is 0.712 bits per heavy atom. The van der Waals surface area contributed by atoms with Crippen molar-refractivity contribution in [3.05, 3.63) is 48.6 Å². The number of amides is 1. The first-order valence-electron chi connectivity index (χ1n) is 18.9. The Bertz CT molecular complexity index is 1070. The molecule has 300 valence electrons. The van der Waals surface area contributed by atoms with Crippen LogP contribution in [0.3, 0.4) is 0 Å². The van der Waals surface area contributed by atoms with Crippen molar-refractivity contribution in [1.29, 1.82) is 0 Å². The molecule has 1 amide bonds. The smallest absolute Gasteiger partial charge is 0.220 e. The van der Waals surface area contributed by atoms with E-state index < -0.39 is 86.8 Å². The zero-order valence-corrected chi connectivity index (χ0v) is 30.8. The van der Waals surface area contributed by atoms with Gasteiger partial charge in [-0.1, -0.05) is 81.7 Å². The summed E-state index contributed by atoms with van der Waals surface area (Å²) in [4.78, 5) is 12.9. The molecule has 2 aliphatic heterocycles. The summed E-state index contributed by atoms with van der Waals surface area (Å²) in [5.74, 6) is -0.281. The molecule has 0 saturated carbocycles. The van der Waals surface area contributed by atoms with Gasteiger partial charge in [0.05, 0.1) is 32.0 Å². The number of nitrogens with one attached hydrogen (secondary N) is 1. The van der Waals surface area contributed by atoms with Gasteiger partial charge in [0.1, 0.15) is 48.8 Å². The quantitative estimate of drug-likeness (QED) is 0.0477. The largest absolute Gasteiger partial charge is 0.394 e. The van der Waals surface area contributed by atoms with Gasteiger partial charge in [0, 0.05) is 6.42 Å². The molecular weight excluding hydrogens is 678 g/mol. The number of ether oxygens (including phenoxy) is 4. The third kappa shape index (κ3) is 16.1. The lowest BCUT2D eigenvalue weighted by Gasteiger charge is -2.46. The van der Waals surface area contributed by atoms with E-state index in [1.807, 2.05) is 6.08 Å². The third-order valence-electron chi connectivity index (χ3n) is 9.02. The van der Waals surface area contributed by atoms with Gasteiger partial charge < -0.3 is 65.1 Å². The van der Waals surface area contributed by atoms with Gasteiger partial charge in [-0.25, -0.2) is 0 Å². The van der Waals surface area contributed by atoms with Crippen LogP contribution in [0.2, 0.25) is 0 Å². The fourth-order valence-electron chi connectivity index (χ4n) is 5.83. The molecule has 0 bridgehead atoms. The molecule has 0 radical (unpaired) electrons. The molecule has 9 N–H and O–H groups in total. The van der Waals surface area contributed by atoms with Gasteiger partial charge in [0.2, 0.25) is 5.91 Å². The molecule has 0 aromatic carbocycles. The van der Waals surface area contributed by atoms with Crippen LogP contribution in [0.5, 0.6) is 0 Å². The van der Waals surface area contributed by atoms with Crippen molar-refractivity contribution < 1.29 is 64.6 Å². The normalized spacial score (nSPS) is 31.3. The van der Waals surface area contributed by atoms with Crippen LogP contribution in [-0.2, 0) is 23.7 Å². The molecule has 0 aromatic heterocycles. The molecule has 0 aromatic rings. The van der Waals surface area contributed by atoms with Crippen LogP contribution in [0.25, 0.3) is 0 Å². The Balaban J connectivity index is 1.93. The average molecular weight is 744 g/mol. The van der Waals surface area contributed by atoms with Gasteiger partial charge in [-0.15, -0.1) is 0 Å². The summed E-state index contributed by atoms with van der Waals surface area (Å²) in [6.07, 6.45) is 9.52. The van der Waals surface area contributed by atoms with Gasteiger partial charge in [-0.05, 0) is 51.4 Å². The number of unbranched alkanes of at least 4 members (excludes halogenated alkanes) is 6. The van der Waals surface area contributed by atoms with Crippen LogP contribution < -0.4 is 5.32 Å². The first-order chi connectivity index (χ1) is 25.1. The molecule has 2 heterocycles. The Kier molecular flexibility index (Phi) is 23.7.